The number of allylic oxidation sites excluding steroid dienone is 3. The highest BCUT2D eigenvalue weighted by molar-refractivity contribution is 7.95. The lowest BCUT2D eigenvalue weighted by Crippen LogP contribution is -2.07. The van der Waals surface area contributed by atoms with E-state index in [2.05, 4.69) is 26.8 Å². The van der Waals surface area contributed by atoms with Crippen molar-refractivity contribution in [3.63, 3.8) is 0 Å². The van der Waals surface area contributed by atoms with Crippen LogP contribution in [0.1, 0.15) is 40.0 Å². The van der Waals surface area contributed by atoms with E-state index in [0.717, 1.165) is 12.8 Å². The third-order valence-electron chi connectivity index (χ3n) is 3.42. The van der Waals surface area contributed by atoms with E-state index in [9.17, 15) is 8.42 Å². The molecule has 0 radical (unpaired) electrons. The molecular formula is C18H26O3S. The van der Waals surface area contributed by atoms with Gasteiger partial charge in [-0.2, -0.15) is 0 Å². The molecule has 1 atom stereocenters. The maximum absolute atomic E-state index is 12.5. The van der Waals surface area contributed by atoms with Crippen molar-refractivity contribution in [3.8, 4) is 0 Å². The van der Waals surface area contributed by atoms with Crippen LogP contribution in [0, 0.1) is 5.92 Å². The first-order chi connectivity index (χ1) is 10.4. The smallest absolute Gasteiger partial charge is 0.238 e. The summed E-state index contributed by atoms with van der Waals surface area (Å²) in [6.45, 7) is 6.29. The van der Waals surface area contributed by atoms with Gasteiger partial charge in [-0.1, -0.05) is 36.8 Å². The van der Waals surface area contributed by atoms with Crippen LogP contribution in [0.4, 0.5) is 0 Å². The minimum absolute atomic E-state index is 0.0350. The largest absolute Gasteiger partial charge is 0.486 e. The van der Waals surface area contributed by atoms with E-state index in [0.29, 0.717) is 12.3 Å². The van der Waals surface area contributed by atoms with Gasteiger partial charge in [-0.05, 0) is 57.2 Å². The lowest BCUT2D eigenvalue weighted by atomic mass is 10.0. The summed E-state index contributed by atoms with van der Waals surface area (Å²) in [6, 6.07) is 8.38. The topological polar surface area (TPSA) is 43.4 Å². The van der Waals surface area contributed by atoms with Crippen molar-refractivity contribution in [2.75, 3.05) is 7.11 Å². The lowest BCUT2D eigenvalue weighted by Gasteiger charge is -2.11. The first-order valence-corrected chi connectivity index (χ1v) is 9.04. The highest BCUT2D eigenvalue weighted by Crippen LogP contribution is 2.22. The van der Waals surface area contributed by atoms with Gasteiger partial charge in [-0.25, -0.2) is 8.42 Å². The second kappa shape index (κ2) is 8.79. The Morgan fingerprint density at radius 2 is 1.82 bits per heavy atom. The van der Waals surface area contributed by atoms with Gasteiger partial charge in [0.15, 0.2) is 0 Å². The number of ether oxygens (including phenoxy) is 1. The van der Waals surface area contributed by atoms with Crippen molar-refractivity contribution >= 4 is 9.84 Å². The summed E-state index contributed by atoms with van der Waals surface area (Å²) >= 11 is 0. The fraction of sp³-hybridized carbons (Fsp3) is 0.444. The Hall–Kier alpha value is -1.55. The zero-order chi connectivity index (χ0) is 16.6. The zero-order valence-corrected chi connectivity index (χ0v) is 14.7. The van der Waals surface area contributed by atoms with Crippen LogP contribution in [-0.2, 0) is 14.6 Å². The molecule has 3 nitrogen and oxygen atoms in total. The van der Waals surface area contributed by atoms with Crippen LogP contribution >= 0.6 is 0 Å². The second-order valence-corrected chi connectivity index (χ2v) is 7.62. The number of hydrogen-bond donors (Lipinski definition) is 0. The molecule has 0 heterocycles. The standard InChI is InChI=1S/C18H26O3S/c1-15(2)9-8-10-16(3)13-14-18(21-4)22(19,20)17-11-6-5-7-12-17/h5-7,9,11-12,14,16H,8,10,13H2,1-4H3/b18-14-/t16-/m1/s1. The van der Waals surface area contributed by atoms with E-state index in [1.807, 2.05) is 0 Å². The van der Waals surface area contributed by atoms with Crippen LogP contribution in [0.3, 0.4) is 0 Å². The Bertz CT molecular complexity index is 609. The molecule has 1 aromatic rings. The third-order valence-corrected chi connectivity index (χ3v) is 5.17. The molecule has 0 fully saturated rings. The van der Waals surface area contributed by atoms with Gasteiger partial charge in [0.25, 0.3) is 0 Å². The molecule has 0 N–H and O–H groups in total. The molecule has 0 aliphatic heterocycles. The van der Waals surface area contributed by atoms with Crippen molar-refractivity contribution in [2.24, 2.45) is 5.92 Å². The molecule has 0 amide bonds. The Balaban J connectivity index is 2.77. The lowest BCUT2D eigenvalue weighted by molar-refractivity contribution is 0.313. The number of hydrogen-bond acceptors (Lipinski definition) is 3. The molecule has 22 heavy (non-hydrogen) atoms. The summed E-state index contributed by atoms with van der Waals surface area (Å²) in [5.74, 6) is 0.409. The Kier molecular flexibility index (Phi) is 7.39. The average Bonchev–Trinajstić information content (AvgIpc) is 2.48. The van der Waals surface area contributed by atoms with Crippen LogP contribution in [0.2, 0.25) is 0 Å². The van der Waals surface area contributed by atoms with Gasteiger partial charge in [0.05, 0.1) is 12.0 Å². The number of methoxy groups -OCH3 is 1. The number of rotatable bonds is 8. The van der Waals surface area contributed by atoms with E-state index in [4.69, 9.17) is 4.74 Å². The molecule has 1 aromatic carbocycles. The number of benzene rings is 1. The maximum Gasteiger partial charge on any atom is 0.238 e. The van der Waals surface area contributed by atoms with Gasteiger partial charge in [-0.3, -0.25) is 0 Å². The van der Waals surface area contributed by atoms with Crippen LogP contribution in [-0.4, -0.2) is 15.5 Å². The molecule has 0 spiro atoms. The predicted octanol–water partition coefficient (Wildman–Crippen LogP) is 4.72. The van der Waals surface area contributed by atoms with E-state index in [-0.39, 0.29) is 9.99 Å². The molecule has 0 saturated heterocycles. The van der Waals surface area contributed by atoms with E-state index < -0.39 is 9.84 Å². The van der Waals surface area contributed by atoms with Gasteiger partial charge in [0.1, 0.15) is 0 Å². The first kappa shape index (κ1) is 18.5. The Morgan fingerprint density at radius 1 is 1.18 bits per heavy atom. The molecule has 0 aromatic heterocycles. The molecule has 4 heteroatoms. The summed E-state index contributed by atoms with van der Waals surface area (Å²) in [4.78, 5) is 0.264. The summed E-state index contributed by atoms with van der Waals surface area (Å²) in [7, 11) is -2.15. The Morgan fingerprint density at radius 3 is 2.36 bits per heavy atom. The van der Waals surface area contributed by atoms with Crippen molar-refractivity contribution in [1.82, 2.24) is 0 Å². The van der Waals surface area contributed by atoms with Gasteiger partial charge in [0, 0.05) is 0 Å². The van der Waals surface area contributed by atoms with Crippen LogP contribution < -0.4 is 0 Å². The van der Waals surface area contributed by atoms with Crippen LogP contribution in [0.15, 0.2) is 58.0 Å². The molecule has 0 saturated carbocycles. The Labute approximate surface area is 134 Å². The third kappa shape index (κ3) is 5.68. The molecule has 0 aliphatic rings. The molecule has 0 unspecified atom stereocenters. The van der Waals surface area contributed by atoms with Crippen LogP contribution in [0.25, 0.3) is 0 Å². The van der Waals surface area contributed by atoms with Gasteiger partial charge in [0.2, 0.25) is 14.9 Å². The highest BCUT2D eigenvalue weighted by atomic mass is 32.2. The molecule has 0 bridgehead atoms. The van der Waals surface area contributed by atoms with Crippen LogP contribution in [0.5, 0.6) is 0 Å². The van der Waals surface area contributed by atoms with Gasteiger partial charge in [-0.15, -0.1) is 0 Å². The fourth-order valence-corrected chi connectivity index (χ4v) is 3.37. The van der Waals surface area contributed by atoms with Crippen molar-refractivity contribution in [3.05, 3.63) is 53.1 Å². The summed E-state index contributed by atoms with van der Waals surface area (Å²) in [5.41, 5.74) is 1.31. The summed E-state index contributed by atoms with van der Waals surface area (Å²) in [5, 5.41) is 0.0350. The minimum atomic E-state index is -3.55. The maximum atomic E-state index is 12.5. The second-order valence-electron chi connectivity index (χ2n) is 5.74. The normalized spacial score (nSPS) is 13.5. The quantitative estimate of drug-likeness (QED) is 0.514. The van der Waals surface area contributed by atoms with Gasteiger partial charge >= 0.3 is 0 Å². The number of sulfone groups is 1. The van der Waals surface area contributed by atoms with Crippen molar-refractivity contribution < 1.29 is 13.2 Å². The van der Waals surface area contributed by atoms with Crippen molar-refractivity contribution in [2.45, 2.75) is 44.9 Å². The highest BCUT2D eigenvalue weighted by Gasteiger charge is 2.21. The molecular weight excluding hydrogens is 296 g/mol. The summed E-state index contributed by atoms with van der Waals surface area (Å²) in [6.07, 6.45) is 6.63. The zero-order valence-electron chi connectivity index (χ0n) is 13.9. The average molecular weight is 322 g/mol. The minimum Gasteiger partial charge on any atom is -0.486 e. The van der Waals surface area contributed by atoms with E-state index in [1.54, 1.807) is 36.4 Å². The molecule has 0 aliphatic carbocycles. The SMILES string of the molecule is CO/C(=C/C[C@H](C)CCC=C(C)C)S(=O)(=O)c1ccccc1. The first-order valence-electron chi connectivity index (χ1n) is 7.55. The molecule has 1 rings (SSSR count). The van der Waals surface area contributed by atoms with Crippen molar-refractivity contribution in [1.29, 1.82) is 0 Å². The molecule has 122 valence electrons. The summed E-state index contributed by atoms with van der Waals surface area (Å²) < 4.78 is 30.1. The predicted molar refractivity (Wildman–Crippen MR) is 91.2 cm³/mol. The van der Waals surface area contributed by atoms with E-state index >= 15 is 0 Å². The van der Waals surface area contributed by atoms with Gasteiger partial charge < -0.3 is 4.74 Å². The van der Waals surface area contributed by atoms with E-state index in [1.165, 1.54) is 12.7 Å². The fourth-order valence-electron chi connectivity index (χ4n) is 2.09. The monoisotopic (exact) mass is 322 g/mol.